The number of carbonyl (C=O) groups is 2. The van der Waals surface area contributed by atoms with Crippen molar-refractivity contribution in [2.24, 2.45) is 7.05 Å². The van der Waals surface area contributed by atoms with Gasteiger partial charge in [-0.05, 0) is 25.3 Å². The molecule has 2 fully saturated rings. The number of alkyl halides is 3. The van der Waals surface area contributed by atoms with Crippen LogP contribution >= 0.6 is 0 Å². The zero-order valence-corrected chi connectivity index (χ0v) is 17.2. The van der Waals surface area contributed by atoms with Gasteiger partial charge in [0.25, 0.3) is 5.91 Å². The minimum atomic E-state index is -5.08. The fourth-order valence-corrected chi connectivity index (χ4v) is 3.64. The predicted molar refractivity (Wildman–Crippen MR) is 105 cm³/mol. The number of piperidine rings is 1. The van der Waals surface area contributed by atoms with E-state index in [0.717, 1.165) is 19.3 Å². The number of hydrogen-bond acceptors (Lipinski definition) is 7. The Morgan fingerprint density at radius 2 is 1.84 bits per heavy atom. The number of likely N-dealkylation sites (tertiary alicyclic amines) is 1. The highest BCUT2D eigenvalue weighted by Gasteiger charge is 2.44. The number of rotatable bonds is 3. The van der Waals surface area contributed by atoms with Crippen LogP contribution in [-0.4, -0.2) is 78.9 Å². The van der Waals surface area contributed by atoms with Gasteiger partial charge in [-0.1, -0.05) is 0 Å². The third kappa shape index (κ3) is 5.93. The average molecular weight is 456 g/mol. The molecule has 4 rings (SSSR count). The summed E-state index contributed by atoms with van der Waals surface area (Å²) in [5.41, 5.74) is 0.361. The van der Waals surface area contributed by atoms with Gasteiger partial charge in [-0.25, -0.2) is 19.7 Å². The molecular weight excluding hydrogens is 433 g/mol. The number of aryl methyl sites for hydroxylation is 1. The van der Waals surface area contributed by atoms with Crippen molar-refractivity contribution < 1.29 is 32.6 Å². The van der Waals surface area contributed by atoms with Crippen LogP contribution in [-0.2, 0) is 16.6 Å². The molecule has 32 heavy (non-hydrogen) atoms. The largest absolute Gasteiger partial charge is 0.490 e. The number of anilines is 1. The van der Waals surface area contributed by atoms with E-state index in [9.17, 15) is 18.0 Å². The maximum absolute atomic E-state index is 12.5. The van der Waals surface area contributed by atoms with Crippen molar-refractivity contribution in [3.05, 3.63) is 36.7 Å². The van der Waals surface area contributed by atoms with E-state index in [1.54, 1.807) is 35.6 Å². The Balaban J connectivity index is 0.000000360. The number of halogens is 3. The monoisotopic (exact) mass is 456 g/mol. The van der Waals surface area contributed by atoms with E-state index in [-0.39, 0.29) is 17.6 Å². The Hall–Kier alpha value is -3.22. The standard InChI is InChI=1S/C17H22N6O2.C2HF3O2/c1-22-10-14(20-12-22)15(24)23-7-3-17(4-8-23)9-13(11-25-17)21-16-18-5-2-6-19-16;3-2(4,5)1(6)7/h2,5-6,10,12-13H,3-4,7-9,11H2,1H3,(H,18,19,21);(H,6,7). The number of hydrogen-bond donors (Lipinski definition) is 2. The molecule has 0 aliphatic carbocycles. The van der Waals surface area contributed by atoms with Crippen molar-refractivity contribution in [2.75, 3.05) is 25.0 Å². The predicted octanol–water partition coefficient (Wildman–Crippen LogP) is 1.72. The number of nitrogens with one attached hydrogen (secondary N) is 1. The molecule has 2 aromatic rings. The van der Waals surface area contributed by atoms with E-state index in [4.69, 9.17) is 14.6 Å². The molecule has 0 aromatic carbocycles. The van der Waals surface area contributed by atoms with E-state index >= 15 is 0 Å². The smallest absolute Gasteiger partial charge is 0.475 e. The van der Waals surface area contributed by atoms with Crippen molar-refractivity contribution in [1.82, 2.24) is 24.4 Å². The van der Waals surface area contributed by atoms with E-state index in [2.05, 4.69) is 20.3 Å². The van der Waals surface area contributed by atoms with Crippen LogP contribution in [0.25, 0.3) is 0 Å². The Morgan fingerprint density at radius 3 is 2.38 bits per heavy atom. The van der Waals surface area contributed by atoms with Gasteiger partial charge < -0.3 is 24.6 Å². The van der Waals surface area contributed by atoms with Crippen molar-refractivity contribution in [3.8, 4) is 0 Å². The third-order valence-electron chi connectivity index (χ3n) is 5.24. The van der Waals surface area contributed by atoms with Gasteiger partial charge >= 0.3 is 12.1 Å². The minimum Gasteiger partial charge on any atom is -0.475 e. The lowest BCUT2D eigenvalue weighted by atomic mass is 9.87. The Kier molecular flexibility index (Phi) is 6.96. The maximum Gasteiger partial charge on any atom is 0.490 e. The van der Waals surface area contributed by atoms with Gasteiger partial charge in [0, 0.05) is 38.7 Å². The minimum absolute atomic E-state index is 0.000748. The molecular formula is C19H23F3N6O4. The second kappa shape index (κ2) is 9.51. The second-order valence-corrected chi connectivity index (χ2v) is 7.63. The summed E-state index contributed by atoms with van der Waals surface area (Å²) >= 11 is 0. The first-order valence-electron chi connectivity index (χ1n) is 9.83. The molecule has 1 atom stereocenters. The Bertz CT molecular complexity index is 929. The third-order valence-corrected chi connectivity index (χ3v) is 5.24. The average Bonchev–Trinajstić information content (AvgIpc) is 3.35. The number of carboxylic acids is 1. The molecule has 13 heteroatoms. The number of aromatic nitrogens is 4. The number of carboxylic acid groups (broad SMARTS) is 1. The zero-order valence-electron chi connectivity index (χ0n) is 17.2. The molecule has 0 saturated carbocycles. The van der Waals surface area contributed by atoms with Gasteiger partial charge in [-0.15, -0.1) is 0 Å². The van der Waals surface area contributed by atoms with E-state index in [1.165, 1.54) is 0 Å². The molecule has 2 saturated heterocycles. The van der Waals surface area contributed by atoms with Crippen LogP contribution in [0.2, 0.25) is 0 Å². The zero-order chi connectivity index (χ0) is 23.4. The number of ether oxygens (including phenoxy) is 1. The van der Waals surface area contributed by atoms with Crippen molar-refractivity contribution in [1.29, 1.82) is 0 Å². The highest BCUT2D eigenvalue weighted by molar-refractivity contribution is 5.92. The number of nitrogens with zero attached hydrogens (tertiary/aromatic N) is 5. The van der Waals surface area contributed by atoms with Crippen LogP contribution in [0.5, 0.6) is 0 Å². The molecule has 1 spiro atoms. The first-order valence-corrected chi connectivity index (χ1v) is 9.83. The summed E-state index contributed by atoms with van der Waals surface area (Å²) in [5, 5.41) is 10.5. The lowest BCUT2D eigenvalue weighted by Gasteiger charge is -2.38. The summed E-state index contributed by atoms with van der Waals surface area (Å²) in [6.07, 6.45) is 4.39. The molecule has 2 aromatic heterocycles. The summed E-state index contributed by atoms with van der Waals surface area (Å²) in [7, 11) is 1.87. The first-order chi connectivity index (χ1) is 15.1. The maximum atomic E-state index is 12.5. The van der Waals surface area contributed by atoms with Gasteiger partial charge in [0.1, 0.15) is 5.69 Å². The van der Waals surface area contributed by atoms with Crippen LogP contribution in [0.4, 0.5) is 19.1 Å². The Morgan fingerprint density at radius 1 is 1.22 bits per heavy atom. The molecule has 2 aliphatic rings. The normalized spacial score (nSPS) is 19.9. The van der Waals surface area contributed by atoms with Crippen molar-refractivity contribution >= 4 is 17.8 Å². The molecule has 0 bridgehead atoms. The first kappa shape index (κ1) is 23.4. The fraction of sp³-hybridized carbons (Fsp3) is 0.526. The highest BCUT2D eigenvalue weighted by Crippen LogP contribution is 2.36. The van der Waals surface area contributed by atoms with E-state index in [1.807, 2.05) is 11.9 Å². The SMILES string of the molecule is Cn1cnc(C(=O)N2CCC3(CC2)CC(Nc2ncccn2)CO3)c1.O=C(O)C(F)(F)F. The van der Waals surface area contributed by atoms with Crippen LogP contribution < -0.4 is 5.32 Å². The molecule has 10 nitrogen and oxygen atoms in total. The van der Waals surface area contributed by atoms with Gasteiger partial charge in [-0.3, -0.25) is 4.79 Å². The lowest BCUT2D eigenvalue weighted by Crippen LogP contribution is -2.46. The number of aliphatic carboxylic acids is 1. The fourth-order valence-electron chi connectivity index (χ4n) is 3.64. The van der Waals surface area contributed by atoms with Gasteiger partial charge in [0.2, 0.25) is 5.95 Å². The van der Waals surface area contributed by atoms with Gasteiger partial charge in [0.05, 0.1) is 24.6 Å². The highest BCUT2D eigenvalue weighted by atomic mass is 19.4. The van der Waals surface area contributed by atoms with E-state index < -0.39 is 12.1 Å². The number of amides is 1. The van der Waals surface area contributed by atoms with Gasteiger partial charge in [0.15, 0.2) is 0 Å². The number of carbonyl (C=O) groups excluding carboxylic acids is 1. The lowest BCUT2D eigenvalue weighted by molar-refractivity contribution is -0.192. The summed E-state index contributed by atoms with van der Waals surface area (Å²) in [6.45, 7) is 2.04. The van der Waals surface area contributed by atoms with E-state index in [0.29, 0.717) is 31.3 Å². The quantitative estimate of drug-likeness (QED) is 0.716. The summed E-state index contributed by atoms with van der Waals surface area (Å²) in [5.74, 6) is -2.12. The molecule has 2 N–H and O–H groups in total. The second-order valence-electron chi connectivity index (χ2n) is 7.63. The topological polar surface area (TPSA) is 122 Å². The molecule has 1 amide bonds. The van der Waals surface area contributed by atoms with Crippen molar-refractivity contribution in [3.63, 3.8) is 0 Å². The molecule has 2 aliphatic heterocycles. The summed E-state index contributed by atoms with van der Waals surface area (Å²) in [4.78, 5) is 35.8. The van der Waals surface area contributed by atoms with Crippen molar-refractivity contribution in [2.45, 2.75) is 37.1 Å². The van der Waals surface area contributed by atoms with Crippen LogP contribution in [0.3, 0.4) is 0 Å². The summed E-state index contributed by atoms with van der Waals surface area (Å²) < 4.78 is 39.7. The molecule has 1 unspecified atom stereocenters. The molecule has 174 valence electrons. The van der Waals surface area contributed by atoms with Crippen LogP contribution in [0.1, 0.15) is 29.8 Å². The van der Waals surface area contributed by atoms with Crippen LogP contribution in [0.15, 0.2) is 31.0 Å². The van der Waals surface area contributed by atoms with Crippen LogP contribution in [0, 0.1) is 0 Å². The summed E-state index contributed by atoms with van der Waals surface area (Å²) in [6, 6.07) is 2.01. The molecule has 0 radical (unpaired) electrons. The number of imidazole rings is 1. The Labute approximate surface area is 181 Å². The molecule has 4 heterocycles. The van der Waals surface area contributed by atoms with Gasteiger partial charge in [-0.2, -0.15) is 13.2 Å².